The number of hydrogen-bond donors (Lipinski definition) is 1. The molecule has 6 heteroatoms. The van der Waals surface area contributed by atoms with Gasteiger partial charge in [0.05, 0.1) is 5.92 Å². The number of likely N-dealkylation sites (tertiary alicyclic amines) is 2. The van der Waals surface area contributed by atoms with E-state index in [-0.39, 0.29) is 11.9 Å². The van der Waals surface area contributed by atoms with Crippen LogP contribution in [0.15, 0.2) is 4.99 Å². The number of carbonyl (C=O) groups excluding carboxylic acids is 1. The highest BCUT2D eigenvalue weighted by Gasteiger charge is 2.33. The van der Waals surface area contributed by atoms with Crippen LogP contribution in [0.1, 0.15) is 40.0 Å². The maximum atomic E-state index is 12.2. The minimum absolute atomic E-state index is 0.0538. The zero-order valence-corrected chi connectivity index (χ0v) is 15.3. The summed E-state index contributed by atoms with van der Waals surface area (Å²) in [5, 5.41) is 3.47. The van der Waals surface area contributed by atoms with E-state index in [2.05, 4.69) is 27.2 Å². The number of ether oxygens (including phenoxy) is 1. The monoisotopic (exact) mass is 324 g/mol. The molecule has 2 saturated heterocycles. The molecule has 0 radical (unpaired) electrons. The first kappa shape index (κ1) is 18.0. The summed E-state index contributed by atoms with van der Waals surface area (Å²) in [5.74, 6) is 0.754. The molecule has 23 heavy (non-hydrogen) atoms. The van der Waals surface area contributed by atoms with Crippen molar-refractivity contribution in [2.45, 2.75) is 51.7 Å². The summed E-state index contributed by atoms with van der Waals surface area (Å²) in [7, 11) is 3.98. The average Bonchev–Trinajstić information content (AvgIpc) is 3.08. The Hall–Kier alpha value is -1.30. The summed E-state index contributed by atoms with van der Waals surface area (Å²) < 4.78 is 5.51. The fraction of sp³-hybridized carbons (Fsp3) is 0.882. The maximum absolute atomic E-state index is 12.2. The summed E-state index contributed by atoms with van der Waals surface area (Å²) in [5.41, 5.74) is -0.419. The Morgan fingerprint density at radius 1 is 1.30 bits per heavy atom. The molecular weight excluding hydrogens is 292 g/mol. The van der Waals surface area contributed by atoms with Crippen LogP contribution in [0.3, 0.4) is 0 Å². The van der Waals surface area contributed by atoms with Crippen LogP contribution in [-0.2, 0) is 9.53 Å². The molecule has 2 fully saturated rings. The molecule has 0 aromatic carbocycles. The lowest BCUT2D eigenvalue weighted by atomic mass is 10.1. The van der Waals surface area contributed by atoms with Crippen LogP contribution in [-0.4, -0.2) is 73.6 Å². The summed E-state index contributed by atoms with van der Waals surface area (Å²) in [6, 6.07) is 0.580. The molecule has 0 spiro atoms. The van der Waals surface area contributed by atoms with Crippen molar-refractivity contribution < 1.29 is 9.53 Å². The summed E-state index contributed by atoms with van der Waals surface area (Å²) >= 11 is 0. The minimum Gasteiger partial charge on any atom is -0.460 e. The van der Waals surface area contributed by atoms with Gasteiger partial charge < -0.3 is 19.9 Å². The van der Waals surface area contributed by atoms with E-state index in [1.165, 1.54) is 19.4 Å². The van der Waals surface area contributed by atoms with E-state index < -0.39 is 5.60 Å². The first-order valence-electron chi connectivity index (χ1n) is 8.69. The van der Waals surface area contributed by atoms with Crippen LogP contribution in [0.25, 0.3) is 0 Å². The molecule has 2 heterocycles. The second-order valence-corrected chi connectivity index (χ2v) is 7.67. The second-order valence-electron chi connectivity index (χ2n) is 7.67. The third-order valence-electron chi connectivity index (χ3n) is 4.61. The number of esters is 1. The normalized spacial score (nSPS) is 26.7. The molecule has 0 amide bonds. The molecule has 2 atom stereocenters. The third-order valence-corrected chi connectivity index (χ3v) is 4.61. The van der Waals surface area contributed by atoms with Gasteiger partial charge in [-0.15, -0.1) is 0 Å². The Kier molecular flexibility index (Phi) is 5.89. The molecule has 2 aliphatic heterocycles. The average molecular weight is 324 g/mol. The van der Waals surface area contributed by atoms with Crippen molar-refractivity contribution in [3.63, 3.8) is 0 Å². The number of carbonyl (C=O) groups is 1. The molecule has 1 N–H and O–H groups in total. The van der Waals surface area contributed by atoms with Gasteiger partial charge in [0.25, 0.3) is 0 Å². The molecule has 2 unspecified atom stereocenters. The standard InChI is InChI=1S/C17H32N4O2/c1-17(2,3)23-15(22)13-8-10-21(12-13)16(18-4)19-11-14-7-6-9-20(14)5/h13-14H,6-12H2,1-5H3,(H,18,19). The number of aliphatic imine (C=N–C) groups is 1. The quantitative estimate of drug-likeness (QED) is 0.482. The van der Waals surface area contributed by atoms with Crippen LogP contribution in [0, 0.1) is 5.92 Å². The molecule has 132 valence electrons. The van der Waals surface area contributed by atoms with Gasteiger partial charge in [-0.1, -0.05) is 0 Å². The van der Waals surface area contributed by atoms with Crippen LogP contribution in [0.2, 0.25) is 0 Å². The zero-order chi connectivity index (χ0) is 17.0. The summed E-state index contributed by atoms with van der Waals surface area (Å²) in [4.78, 5) is 21.2. The Balaban J connectivity index is 1.82. The number of hydrogen-bond acceptors (Lipinski definition) is 4. The van der Waals surface area contributed by atoms with Crippen LogP contribution >= 0.6 is 0 Å². The van der Waals surface area contributed by atoms with Gasteiger partial charge >= 0.3 is 5.97 Å². The molecule has 6 nitrogen and oxygen atoms in total. The molecule has 2 rings (SSSR count). The minimum atomic E-state index is -0.419. The van der Waals surface area contributed by atoms with Crippen LogP contribution < -0.4 is 5.32 Å². The van der Waals surface area contributed by atoms with Gasteiger partial charge in [-0.05, 0) is 53.6 Å². The first-order chi connectivity index (χ1) is 10.8. The molecule has 0 aromatic heterocycles. The Morgan fingerprint density at radius 3 is 2.61 bits per heavy atom. The molecule has 0 saturated carbocycles. The second kappa shape index (κ2) is 7.51. The lowest BCUT2D eigenvalue weighted by Gasteiger charge is -2.26. The maximum Gasteiger partial charge on any atom is 0.311 e. The number of nitrogens with one attached hydrogen (secondary N) is 1. The van der Waals surface area contributed by atoms with Crippen molar-refractivity contribution in [1.82, 2.24) is 15.1 Å². The Labute approximate surface area is 140 Å². The highest BCUT2D eigenvalue weighted by Crippen LogP contribution is 2.21. The molecular formula is C17H32N4O2. The summed E-state index contributed by atoms with van der Waals surface area (Å²) in [6.45, 7) is 9.37. The number of rotatable bonds is 3. The highest BCUT2D eigenvalue weighted by atomic mass is 16.6. The molecule has 0 bridgehead atoms. The smallest absolute Gasteiger partial charge is 0.311 e. The fourth-order valence-corrected chi connectivity index (χ4v) is 3.31. The van der Waals surface area contributed by atoms with E-state index >= 15 is 0 Å². The molecule has 2 aliphatic rings. The van der Waals surface area contributed by atoms with E-state index in [1.54, 1.807) is 0 Å². The van der Waals surface area contributed by atoms with E-state index in [1.807, 2.05) is 27.8 Å². The zero-order valence-electron chi connectivity index (χ0n) is 15.3. The lowest BCUT2D eigenvalue weighted by molar-refractivity contribution is -0.159. The predicted octanol–water partition coefficient (Wildman–Crippen LogP) is 1.32. The van der Waals surface area contributed by atoms with Crippen molar-refractivity contribution in [2.75, 3.05) is 40.3 Å². The Morgan fingerprint density at radius 2 is 2.04 bits per heavy atom. The largest absolute Gasteiger partial charge is 0.460 e. The van der Waals surface area contributed by atoms with Gasteiger partial charge in [0.15, 0.2) is 5.96 Å². The molecule has 0 aromatic rings. The van der Waals surface area contributed by atoms with Gasteiger partial charge in [0, 0.05) is 32.7 Å². The van der Waals surface area contributed by atoms with Crippen molar-refractivity contribution in [3.8, 4) is 0 Å². The third kappa shape index (κ3) is 5.09. The Bertz CT molecular complexity index is 444. The summed E-state index contributed by atoms with van der Waals surface area (Å²) in [6.07, 6.45) is 3.34. The van der Waals surface area contributed by atoms with Crippen molar-refractivity contribution in [1.29, 1.82) is 0 Å². The van der Waals surface area contributed by atoms with E-state index in [9.17, 15) is 4.79 Å². The first-order valence-corrected chi connectivity index (χ1v) is 8.69. The number of guanidine groups is 1. The van der Waals surface area contributed by atoms with Crippen LogP contribution in [0.5, 0.6) is 0 Å². The lowest BCUT2D eigenvalue weighted by Crippen LogP contribution is -2.45. The highest BCUT2D eigenvalue weighted by molar-refractivity contribution is 5.82. The number of likely N-dealkylation sites (N-methyl/N-ethyl adjacent to an activating group) is 1. The van der Waals surface area contributed by atoms with Crippen LogP contribution in [0.4, 0.5) is 0 Å². The van der Waals surface area contributed by atoms with Gasteiger partial charge in [-0.3, -0.25) is 9.79 Å². The predicted molar refractivity (Wildman–Crippen MR) is 92.5 cm³/mol. The van der Waals surface area contributed by atoms with Crippen molar-refractivity contribution in [3.05, 3.63) is 0 Å². The van der Waals surface area contributed by atoms with Gasteiger partial charge in [0.2, 0.25) is 0 Å². The van der Waals surface area contributed by atoms with Gasteiger partial charge in [0.1, 0.15) is 5.60 Å². The SMILES string of the molecule is CN=C(NCC1CCCN1C)N1CCC(C(=O)OC(C)(C)C)C1. The fourth-order valence-electron chi connectivity index (χ4n) is 3.31. The van der Waals surface area contributed by atoms with Gasteiger partial charge in [-0.25, -0.2) is 0 Å². The molecule has 0 aliphatic carbocycles. The topological polar surface area (TPSA) is 57.2 Å². The van der Waals surface area contributed by atoms with Crippen molar-refractivity contribution >= 4 is 11.9 Å². The number of nitrogens with zero attached hydrogens (tertiary/aromatic N) is 3. The van der Waals surface area contributed by atoms with Crippen molar-refractivity contribution in [2.24, 2.45) is 10.9 Å². The van der Waals surface area contributed by atoms with Gasteiger partial charge in [-0.2, -0.15) is 0 Å². The van der Waals surface area contributed by atoms with E-state index in [4.69, 9.17) is 4.74 Å². The van der Waals surface area contributed by atoms with E-state index in [0.717, 1.165) is 25.5 Å². The van der Waals surface area contributed by atoms with E-state index in [0.29, 0.717) is 12.6 Å².